The van der Waals surface area contributed by atoms with E-state index in [9.17, 15) is 14.9 Å². The molecule has 1 atom stereocenters. The highest BCUT2D eigenvalue weighted by molar-refractivity contribution is 8.03. The molecule has 2 N–H and O–H groups in total. The number of carbonyl (C=O) groups is 2. The number of benzene rings is 3. The van der Waals surface area contributed by atoms with Gasteiger partial charge in [0.1, 0.15) is 6.61 Å². The fraction of sp³-hybridized carbons (Fsp3) is 0.167. The minimum Gasteiger partial charge on any atom is -0.457 e. The number of dihydropyridines is 1. The number of hydrogen-bond donors (Lipinski definition) is 2. The van der Waals surface area contributed by atoms with E-state index in [0.717, 1.165) is 11.1 Å². The first-order chi connectivity index (χ1) is 18.4. The lowest BCUT2D eigenvalue weighted by Gasteiger charge is -2.29. The number of allylic oxidation sites excluding steroid dienone is 2. The Hall–Kier alpha value is -3.99. The van der Waals surface area contributed by atoms with Crippen molar-refractivity contribution in [3.05, 3.63) is 122 Å². The summed E-state index contributed by atoms with van der Waals surface area (Å²) in [6.07, 6.45) is 0. The Morgan fingerprint density at radius 3 is 2.39 bits per heavy atom. The van der Waals surface area contributed by atoms with Gasteiger partial charge in [0.05, 0.1) is 33.9 Å². The standard InChI is InChI=1S/C30H26ClN3O3S/c1-19-12-14-22(15-13-19)34-26(35)18-38-29-24(16-32)28(23-10-6-7-11-25(23)31)27(20(2)33-29)30(36)37-17-21-8-4-3-5-9-21/h3-15,28,33H,17-18H2,1-2H3,(H,34,35)/t28-/m0/s1. The maximum atomic E-state index is 13.4. The van der Waals surface area contributed by atoms with Crippen LogP contribution in [0.3, 0.4) is 0 Å². The summed E-state index contributed by atoms with van der Waals surface area (Å²) >= 11 is 7.75. The molecule has 3 aromatic rings. The third-order valence-corrected chi connectivity index (χ3v) is 7.34. The van der Waals surface area contributed by atoms with Crippen LogP contribution < -0.4 is 10.6 Å². The highest BCUT2D eigenvalue weighted by atomic mass is 35.5. The van der Waals surface area contributed by atoms with Crippen LogP contribution in [0.5, 0.6) is 0 Å². The third-order valence-electron chi connectivity index (χ3n) is 5.98. The van der Waals surface area contributed by atoms with E-state index in [2.05, 4.69) is 16.7 Å². The monoisotopic (exact) mass is 543 g/mol. The van der Waals surface area contributed by atoms with Crippen LogP contribution in [0.2, 0.25) is 5.02 Å². The van der Waals surface area contributed by atoms with Crippen molar-refractivity contribution in [3.8, 4) is 6.07 Å². The number of amides is 1. The number of nitrogens with zero attached hydrogens (tertiary/aromatic N) is 1. The van der Waals surface area contributed by atoms with Crippen LogP contribution in [0.25, 0.3) is 0 Å². The number of halogens is 1. The summed E-state index contributed by atoms with van der Waals surface area (Å²) in [6.45, 7) is 3.82. The van der Waals surface area contributed by atoms with E-state index in [1.165, 1.54) is 11.8 Å². The molecule has 38 heavy (non-hydrogen) atoms. The van der Waals surface area contributed by atoms with Gasteiger partial charge in [0, 0.05) is 16.4 Å². The molecule has 0 saturated carbocycles. The molecule has 1 heterocycles. The molecule has 192 valence electrons. The van der Waals surface area contributed by atoms with E-state index in [1.54, 1.807) is 25.1 Å². The Labute approximate surface area is 231 Å². The number of thioether (sulfide) groups is 1. The second-order valence-electron chi connectivity index (χ2n) is 8.74. The highest BCUT2D eigenvalue weighted by Gasteiger charge is 2.36. The maximum absolute atomic E-state index is 13.4. The molecule has 0 radical (unpaired) electrons. The Morgan fingerprint density at radius 1 is 1.03 bits per heavy atom. The van der Waals surface area contributed by atoms with E-state index in [1.807, 2.05) is 67.6 Å². The number of hydrogen-bond acceptors (Lipinski definition) is 6. The molecule has 1 amide bonds. The minimum atomic E-state index is -0.749. The normalized spacial score (nSPS) is 14.9. The van der Waals surface area contributed by atoms with E-state index >= 15 is 0 Å². The quantitative estimate of drug-likeness (QED) is 0.317. The molecule has 1 aliphatic heterocycles. The van der Waals surface area contributed by atoms with Crippen molar-refractivity contribution in [2.75, 3.05) is 11.1 Å². The summed E-state index contributed by atoms with van der Waals surface area (Å²) in [7, 11) is 0. The number of nitrogens with one attached hydrogen (secondary N) is 2. The second kappa shape index (κ2) is 12.5. The summed E-state index contributed by atoms with van der Waals surface area (Å²) < 4.78 is 5.65. The largest absolute Gasteiger partial charge is 0.457 e. The van der Waals surface area contributed by atoms with E-state index in [-0.39, 0.29) is 18.3 Å². The molecule has 8 heteroatoms. The van der Waals surface area contributed by atoms with Crippen molar-refractivity contribution in [1.29, 1.82) is 5.26 Å². The predicted octanol–water partition coefficient (Wildman–Crippen LogP) is 6.46. The Morgan fingerprint density at radius 2 is 1.71 bits per heavy atom. The number of nitriles is 1. The van der Waals surface area contributed by atoms with Crippen molar-refractivity contribution in [1.82, 2.24) is 5.32 Å². The number of rotatable bonds is 8. The van der Waals surface area contributed by atoms with Crippen molar-refractivity contribution in [3.63, 3.8) is 0 Å². The molecule has 0 aromatic heterocycles. The summed E-state index contributed by atoms with van der Waals surface area (Å²) in [5.74, 6) is -1.44. The van der Waals surface area contributed by atoms with E-state index in [0.29, 0.717) is 38.1 Å². The van der Waals surface area contributed by atoms with Crippen LogP contribution in [0, 0.1) is 18.3 Å². The molecule has 0 unspecified atom stereocenters. The van der Waals surface area contributed by atoms with Gasteiger partial charge in [0.25, 0.3) is 0 Å². The number of carbonyl (C=O) groups excluding carboxylic acids is 2. The average molecular weight is 544 g/mol. The van der Waals surface area contributed by atoms with Gasteiger partial charge in [-0.15, -0.1) is 0 Å². The number of aryl methyl sites for hydroxylation is 1. The molecule has 0 spiro atoms. The Bertz CT molecular complexity index is 1440. The zero-order valence-electron chi connectivity index (χ0n) is 21.0. The van der Waals surface area contributed by atoms with Crippen molar-refractivity contribution in [2.24, 2.45) is 0 Å². The zero-order chi connectivity index (χ0) is 27.1. The first-order valence-corrected chi connectivity index (χ1v) is 13.3. The lowest BCUT2D eigenvalue weighted by Crippen LogP contribution is -2.29. The van der Waals surface area contributed by atoms with Crippen LogP contribution in [0.4, 0.5) is 5.69 Å². The number of anilines is 1. The Kier molecular flexibility index (Phi) is 8.90. The SMILES string of the molecule is CC1=C(C(=O)OCc2ccccc2)[C@@H](c2ccccc2Cl)C(C#N)=C(SCC(=O)Nc2ccc(C)cc2)N1. The molecular formula is C30H26ClN3O3S. The molecule has 6 nitrogen and oxygen atoms in total. The average Bonchev–Trinajstić information content (AvgIpc) is 2.92. The summed E-state index contributed by atoms with van der Waals surface area (Å²) in [5, 5.41) is 17.2. The maximum Gasteiger partial charge on any atom is 0.337 e. The molecule has 0 saturated heterocycles. The Balaban J connectivity index is 1.60. The summed E-state index contributed by atoms with van der Waals surface area (Å²) in [4.78, 5) is 26.0. The minimum absolute atomic E-state index is 0.0672. The van der Waals surface area contributed by atoms with E-state index < -0.39 is 11.9 Å². The number of esters is 1. The van der Waals surface area contributed by atoms with Crippen molar-refractivity contribution >= 4 is 40.9 Å². The molecule has 0 aliphatic carbocycles. The van der Waals surface area contributed by atoms with Gasteiger partial charge < -0.3 is 15.4 Å². The molecule has 0 fully saturated rings. The van der Waals surface area contributed by atoms with Gasteiger partial charge in [-0.3, -0.25) is 4.79 Å². The second-order valence-corrected chi connectivity index (χ2v) is 10.1. The van der Waals surface area contributed by atoms with Crippen LogP contribution in [0.15, 0.2) is 101 Å². The van der Waals surface area contributed by atoms with Crippen molar-refractivity contribution < 1.29 is 14.3 Å². The van der Waals surface area contributed by atoms with Gasteiger partial charge in [-0.25, -0.2) is 4.79 Å². The van der Waals surface area contributed by atoms with Crippen LogP contribution >= 0.6 is 23.4 Å². The lowest BCUT2D eigenvalue weighted by atomic mass is 9.82. The van der Waals surface area contributed by atoms with Crippen molar-refractivity contribution in [2.45, 2.75) is 26.4 Å². The van der Waals surface area contributed by atoms with E-state index in [4.69, 9.17) is 16.3 Å². The highest BCUT2D eigenvalue weighted by Crippen LogP contribution is 2.43. The zero-order valence-corrected chi connectivity index (χ0v) is 22.5. The lowest BCUT2D eigenvalue weighted by molar-refractivity contribution is -0.140. The first-order valence-electron chi connectivity index (χ1n) is 11.9. The summed E-state index contributed by atoms with van der Waals surface area (Å²) in [6, 6.07) is 26.3. The fourth-order valence-electron chi connectivity index (χ4n) is 4.09. The third kappa shape index (κ3) is 6.46. The summed E-state index contributed by atoms with van der Waals surface area (Å²) in [5.41, 5.74) is 4.39. The molecule has 0 bridgehead atoms. The van der Waals surface area contributed by atoms with Gasteiger partial charge in [-0.2, -0.15) is 5.26 Å². The smallest absolute Gasteiger partial charge is 0.337 e. The molecule has 3 aromatic carbocycles. The van der Waals surface area contributed by atoms with Gasteiger partial charge in [-0.1, -0.05) is 89.6 Å². The topological polar surface area (TPSA) is 91.2 Å². The molecule has 4 rings (SSSR count). The first kappa shape index (κ1) is 27.1. The van der Waals surface area contributed by atoms with Gasteiger partial charge in [-0.05, 0) is 43.2 Å². The molecule has 1 aliphatic rings. The van der Waals surface area contributed by atoms with Gasteiger partial charge in [0.15, 0.2) is 0 Å². The van der Waals surface area contributed by atoms with Gasteiger partial charge in [0.2, 0.25) is 5.91 Å². The fourth-order valence-corrected chi connectivity index (χ4v) is 5.23. The van der Waals surface area contributed by atoms with Crippen LogP contribution in [0.1, 0.15) is 29.5 Å². The van der Waals surface area contributed by atoms with Gasteiger partial charge >= 0.3 is 5.97 Å². The number of ether oxygens (including phenoxy) is 1. The predicted molar refractivity (Wildman–Crippen MR) is 151 cm³/mol. The van der Waals surface area contributed by atoms with Crippen LogP contribution in [-0.2, 0) is 20.9 Å². The van der Waals surface area contributed by atoms with Crippen LogP contribution in [-0.4, -0.2) is 17.6 Å². The molecular weight excluding hydrogens is 518 g/mol.